The summed E-state index contributed by atoms with van der Waals surface area (Å²) >= 11 is -1.23. The number of nitrogens with zero attached hydrogens (tertiary/aromatic N) is 1. The quantitative estimate of drug-likeness (QED) is 0.0149. The molecule has 22 nitrogen and oxygen atoms in total. The number of hydrogen-bond acceptors (Lipinski definition) is 19. The van der Waals surface area contributed by atoms with Gasteiger partial charge in [-0.2, -0.15) is 4.31 Å². The number of amides is 1. The molecule has 0 radical (unpaired) electrons. The van der Waals surface area contributed by atoms with Gasteiger partial charge in [0.05, 0.1) is 74.9 Å². The lowest BCUT2D eigenvalue weighted by Crippen LogP contribution is -2.26. The third-order valence-corrected chi connectivity index (χ3v) is 18.0. The molecule has 9 aromatic rings. The summed E-state index contributed by atoms with van der Waals surface area (Å²) < 4.78 is 59.3. The number of aryl methyl sites for hydroxylation is 6. The van der Waals surface area contributed by atoms with E-state index in [2.05, 4.69) is 114 Å². The number of phenols is 2. The molecule has 1 heterocycles. The van der Waals surface area contributed by atoms with Crippen LogP contribution in [-0.2, 0) is 102 Å². The normalized spacial score (nSPS) is 11.8. The number of nitrogens with one attached hydrogen (secondary N) is 3. The van der Waals surface area contributed by atoms with E-state index in [1.54, 1.807) is 38.5 Å². The van der Waals surface area contributed by atoms with Crippen molar-refractivity contribution in [3.8, 4) is 46.0 Å². The van der Waals surface area contributed by atoms with E-state index >= 15 is 0 Å². The highest BCUT2D eigenvalue weighted by Crippen LogP contribution is 2.31. The van der Waals surface area contributed by atoms with Crippen molar-refractivity contribution in [1.29, 1.82) is 0 Å². The molecular weight excluding hydrogens is 1420 g/mol. The van der Waals surface area contributed by atoms with Crippen LogP contribution < -0.4 is 50.1 Å². The summed E-state index contributed by atoms with van der Waals surface area (Å²) in [7, 11) is 8.78. The fourth-order valence-corrected chi connectivity index (χ4v) is 11.4. The number of nitrogens with two attached hydrogens (primary N) is 1. The molecular formula is C87H109N5O17S. The standard InChI is InChI=1S/C29H36N2O3.C19H23NO4.C11H17N.C10H12O4.C9H11NO2S.C9H10O4/c1-22-11-12-24(18-23(22)2)10-7-15-31-29(32)20-26-13-14-27(28(19-26)33-3)34-17-16-30-21-25-8-5-4-6-9-25;1-22-18-12-16(13-19(21)23-2)8-9-17(18)24-11-10-20-14-15-6-4-3-5-7-15;1-9-5-6-11(4-3-7-12)8-10(9)2;1-13-9-5-7(3-4-8(9)11)6-10(12)14-2;11-13-10(6-7-12-13)8-9-4-2-1-3-5-9;1-13-8-4-6(5-9(11)12)2-3-7(8)10/h4-6,8-9,11-14,18-19,30H,7,10,15-17,20-21H2,1-3H3,(H,31,32);3-9,12,20H,10-11,13-14H2,1-2H3;5-6,8H,3-4,7,12H2,1-2H3;3-5,11H,6H2,1-2H3;1-5H,6-8H2;2-4,10H,5H2,1H3,(H,11,12). The molecule has 8 N–H and O–H groups in total. The number of carbonyl (C=O) groups is 4. The Bertz CT molecular complexity index is 4230. The third kappa shape index (κ3) is 35.1. The smallest absolute Gasteiger partial charge is 0.309 e. The number of esters is 2. The van der Waals surface area contributed by atoms with E-state index in [0.717, 1.165) is 81.6 Å². The average molecular weight is 1530 g/mol. The molecule has 10 rings (SSSR count). The van der Waals surface area contributed by atoms with Gasteiger partial charge < -0.3 is 74.9 Å². The third-order valence-electron chi connectivity index (χ3n) is 16.9. The molecule has 0 bridgehead atoms. The summed E-state index contributed by atoms with van der Waals surface area (Å²) in [5.74, 6) is 1.81. The zero-order chi connectivity index (χ0) is 79.8. The van der Waals surface area contributed by atoms with Crippen molar-refractivity contribution in [2.45, 2.75) is 98.7 Å². The number of aliphatic carboxylic acids is 1. The van der Waals surface area contributed by atoms with Gasteiger partial charge in [-0.25, -0.2) is 4.21 Å². The number of carbonyl (C=O) groups excluding carboxylic acids is 3. The summed E-state index contributed by atoms with van der Waals surface area (Å²) in [4.78, 5) is 45.0. The highest BCUT2D eigenvalue weighted by molar-refractivity contribution is 7.77. The van der Waals surface area contributed by atoms with Crippen LogP contribution in [0.15, 0.2) is 200 Å². The van der Waals surface area contributed by atoms with E-state index in [9.17, 15) is 33.6 Å². The first kappa shape index (κ1) is 89.8. The van der Waals surface area contributed by atoms with Gasteiger partial charge in [-0.15, -0.1) is 0 Å². The molecule has 0 aromatic heterocycles. The van der Waals surface area contributed by atoms with Gasteiger partial charge in [-0.3, -0.25) is 23.4 Å². The molecule has 1 aliphatic rings. The topological polar surface area (TPSA) is 294 Å². The minimum Gasteiger partial charge on any atom is -0.504 e. The lowest BCUT2D eigenvalue weighted by atomic mass is 10.0. The van der Waals surface area contributed by atoms with Crippen molar-refractivity contribution >= 4 is 35.1 Å². The maximum absolute atomic E-state index is 12.4. The molecule has 110 heavy (non-hydrogen) atoms. The number of rotatable bonds is 33. The predicted molar refractivity (Wildman–Crippen MR) is 431 cm³/mol. The maximum Gasteiger partial charge on any atom is 0.309 e. The zero-order valence-corrected chi connectivity index (χ0v) is 65.8. The van der Waals surface area contributed by atoms with E-state index in [-0.39, 0.29) is 48.6 Å². The second-order valence-corrected chi connectivity index (χ2v) is 26.5. The molecule has 0 saturated carbocycles. The molecule has 9 aromatic carbocycles. The van der Waals surface area contributed by atoms with Crippen LogP contribution >= 0.6 is 0 Å². The fourth-order valence-electron chi connectivity index (χ4n) is 10.6. The maximum atomic E-state index is 12.4. The summed E-state index contributed by atoms with van der Waals surface area (Å²) in [6.45, 7) is 16.1. The largest absolute Gasteiger partial charge is 0.504 e. The van der Waals surface area contributed by atoms with Gasteiger partial charge in [-0.1, -0.05) is 152 Å². The Morgan fingerprint density at radius 1 is 0.445 bits per heavy atom. The van der Waals surface area contributed by atoms with Gasteiger partial charge in [0.25, 0.3) is 0 Å². The number of phenolic OH excluding ortho intramolecular Hbond substituents is 2. The Hall–Kier alpha value is -10.8. The molecule has 1 aliphatic heterocycles. The highest BCUT2D eigenvalue weighted by atomic mass is 32.2. The van der Waals surface area contributed by atoms with Crippen LogP contribution in [0.5, 0.6) is 46.0 Å². The molecule has 1 fully saturated rings. The van der Waals surface area contributed by atoms with Gasteiger partial charge in [0.2, 0.25) is 17.2 Å². The Morgan fingerprint density at radius 3 is 1.25 bits per heavy atom. The lowest BCUT2D eigenvalue weighted by Gasteiger charge is -2.13. The van der Waals surface area contributed by atoms with Crippen molar-refractivity contribution in [1.82, 2.24) is 20.3 Å². The first-order valence-corrected chi connectivity index (χ1v) is 37.3. The fraction of sp³-hybridized carbons (Fsp3) is 0.333. The van der Waals surface area contributed by atoms with Crippen LogP contribution in [0, 0.1) is 27.7 Å². The Balaban J connectivity index is 0.000000249. The summed E-state index contributed by atoms with van der Waals surface area (Å²) in [6.07, 6.45) is 4.71. The van der Waals surface area contributed by atoms with Crippen LogP contribution in [0.4, 0.5) is 0 Å². The number of benzene rings is 9. The van der Waals surface area contributed by atoms with Crippen LogP contribution in [0.25, 0.3) is 0 Å². The van der Waals surface area contributed by atoms with Gasteiger partial charge in [-0.05, 0) is 181 Å². The molecule has 1 atom stereocenters. The number of ether oxygens (including phenoxy) is 8. The van der Waals surface area contributed by atoms with Gasteiger partial charge in [0.1, 0.15) is 13.2 Å². The van der Waals surface area contributed by atoms with E-state index in [4.69, 9.17) is 43.4 Å². The Labute approximate surface area is 650 Å². The van der Waals surface area contributed by atoms with Crippen LogP contribution in [0.2, 0.25) is 0 Å². The monoisotopic (exact) mass is 1530 g/mol. The predicted octanol–water partition coefficient (Wildman–Crippen LogP) is 12.8. The van der Waals surface area contributed by atoms with Gasteiger partial charge in [0.15, 0.2) is 46.0 Å². The lowest BCUT2D eigenvalue weighted by molar-refractivity contribution is -0.140. The first-order chi connectivity index (χ1) is 53.2. The van der Waals surface area contributed by atoms with Gasteiger partial charge in [0, 0.05) is 45.8 Å². The zero-order valence-electron chi connectivity index (χ0n) is 65.0. The minimum absolute atomic E-state index is 0.0108. The van der Waals surface area contributed by atoms with E-state index in [1.807, 2.05) is 101 Å². The average Bonchev–Trinajstić information content (AvgIpc) is 1.05. The highest BCUT2D eigenvalue weighted by Gasteiger charge is 2.21. The van der Waals surface area contributed by atoms with Crippen LogP contribution in [-0.4, -0.2) is 143 Å². The molecule has 0 spiro atoms. The Kier molecular flexibility index (Phi) is 42.1. The van der Waals surface area contributed by atoms with Crippen molar-refractivity contribution in [2.75, 3.05) is 95.2 Å². The number of hydrogen-bond donors (Lipinski definition) is 7. The van der Waals surface area contributed by atoms with Crippen molar-refractivity contribution in [3.05, 3.63) is 273 Å². The molecule has 1 unspecified atom stereocenters. The van der Waals surface area contributed by atoms with Crippen LogP contribution in [0.3, 0.4) is 0 Å². The number of carboxylic acids is 1. The van der Waals surface area contributed by atoms with Crippen molar-refractivity contribution < 1.29 is 80.8 Å². The van der Waals surface area contributed by atoms with Crippen LogP contribution in [0.1, 0.15) is 85.2 Å². The molecule has 23 heteroatoms. The summed E-state index contributed by atoms with van der Waals surface area (Å²) in [5.41, 5.74) is 20.2. The molecule has 1 saturated heterocycles. The van der Waals surface area contributed by atoms with E-state index < -0.39 is 17.2 Å². The first-order valence-electron chi connectivity index (χ1n) is 36.3. The second-order valence-electron chi connectivity index (χ2n) is 25.3. The van der Waals surface area contributed by atoms with Crippen molar-refractivity contribution in [3.63, 3.8) is 0 Å². The minimum atomic E-state index is -1.23. The number of carboxylic acid groups (broad SMARTS) is 1. The van der Waals surface area contributed by atoms with Crippen molar-refractivity contribution in [2.24, 2.45) is 5.73 Å². The summed E-state index contributed by atoms with van der Waals surface area (Å²) in [6, 6.07) is 64.0. The Morgan fingerprint density at radius 2 is 0.845 bits per heavy atom. The number of methoxy groups -OCH3 is 6. The van der Waals surface area contributed by atoms with Gasteiger partial charge >= 0.3 is 17.9 Å². The summed E-state index contributed by atoms with van der Waals surface area (Å²) in [5, 5.41) is 36.7. The van der Waals surface area contributed by atoms with E-state index in [0.29, 0.717) is 79.4 Å². The molecule has 590 valence electrons. The second kappa shape index (κ2) is 51.5. The molecule has 0 aliphatic carbocycles. The SMILES string of the molecule is COC(=O)Cc1ccc(O)c(OC)c1.COC(=O)Cc1ccc(OCCNCc2ccccc2)c(OC)c1.COc1cc(CC(=O)NCCCc2ccc(C)c(C)c2)ccc1OCCNCc1ccccc1.COc1cc(CC(=O)O)ccc1O.Cc1ccc(CCCN)cc1C.O=S1OCCN1Cc1ccccc1. The van der Waals surface area contributed by atoms with E-state index in [1.165, 1.54) is 96.7 Å². The number of aromatic hydroxyl groups is 2. The molecule has 1 amide bonds.